The number of benzene rings is 1. The number of nitrogens with two attached hydrogens (primary N) is 2. The Morgan fingerprint density at radius 3 is 2.86 bits per heavy atom. The molecule has 0 saturated heterocycles. The van der Waals surface area contributed by atoms with Gasteiger partial charge in [-0.2, -0.15) is 5.10 Å². The molecule has 0 fully saturated rings. The summed E-state index contributed by atoms with van der Waals surface area (Å²) in [4.78, 5) is 24.4. The Morgan fingerprint density at radius 2 is 2.14 bits per heavy atom. The highest BCUT2D eigenvalue weighted by Crippen LogP contribution is 2.33. The first kappa shape index (κ1) is 18.4. The van der Waals surface area contributed by atoms with E-state index in [1.807, 2.05) is 5.38 Å². The van der Waals surface area contributed by atoms with Crippen molar-refractivity contribution >= 4 is 34.6 Å². The average Bonchev–Trinajstić information content (AvgIpc) is 3.38. The Labute approximate surface area is 169 Å². The number of hydrogen-bond donors (Lipinski definition) is 4. The molecule has 0 aliphatic rings. The molecule has 0 unspecified atom stereocenters. The van der Waals surface area contributed by atoms with Crippen molar-refractivity contribution in [3.05, 3.63) is 58.9 Å². The molecule has 6 N–H and O–H groups in total. The van der Waals surface area contributed by atoms with Gasteiger partial charge in [0.2, 0.25) is 0 Å². The minimum absolute atomic E-state index is 0.186. The lowest BCUT2D eigenvalue weighted by Gasteiger charge is -2.10. The molecule has 0 saturated carbocycles. The monoisotopic (exact) mass is 408 g/mol. The number of amides is 1. The van der Waals surface area contributed by atoms with Crippen LogP contribution in [0.2, 0.25) is 0 Å². The maximum atomic E-state index is 12.1. The molecule has 146 valence electrons. The third-order valence-electron chi connectivity index (χ3n) is 3.96. The summed E-state index contributed by atoms with van der Waals surface area (Å²) < 4.78 is 5.78. The minimum atomic E-state index is -0.651. The van der Waals surface area contributed by atoms with Crippen LogP contribution in [0.3, 0.4) is 0 Å². The number of ether oxygens (including phenoxy) is 1. The van der Waals surface area contributed by atoms with E-state index < -0.39 is 5.91 Å². The van der Waals surface area contributed by atoms with Crippen LogP contribution in [0.15, 0.2) is 48.4 Å². The summed E-state index contributed by atoms with van der Waals surface area (Å²) in [5, 5.41) is 12.6. The van der Waals surface area contributed by atoms with Crippen LogP contribution in [0.4, 0.5) is 17.3 Å². The fraction of sp³-hybridized carbons (Fsp3) is 0.0556. The van der Waals surface area contributed by atoms with Crippen LogP contribution in [0.5, 0.6) is 5.75 Å². The summed E-state index contributed by atoms with van der Waals surface area (Å²) in [6.45, 7) is 0.288. The Hall–Kier alpha value is -3.99. The minimum Gasteiger partial charge on any atom is -0.484 e. The van der Waals surface area contributed by atoms with Gasteiger partial charge in [-0.15, -0.1) is 11.3 Å². The largest absolute Gasteiger partial charge is 0.484 e. The van der Waals surface area contributed by atoms with Crippen molar-refractivity contribution in [2.75, 3.05) is 11.1 Å². The molecule has 3 aromatic heterocycles. The number of rotatable bonds is 7. The summed E-state index contributed by atoms with van der Waals surface area (Å²) in [6, 6.07) is 5.15. The topological polar surface area (TPSA) is 158 Å². The van der Waals surface area contributed by atoms with E-state index in [-0.39, 0.29) is 18.0 Å². The second-order valence-electron chi connectivity index (χ2n) is 5.87. The maximum Gasteiger partial charge on any atom is 0.254 e. The van der Waals surface area contributed by atoms with Gasteiger partial charge < -0.3 is 21.5 Å². The zero-order valence-corrected chi connectivity index (χ0v) is 15.8. The number of hydrogen-bond acceptors (Lipinski definition) is 9. The molecule has 0 bridgehead atoms. The van der Waals surface area contributed by atoms with Gasteiger partial charge in [0.25, 0.3) is 5.91 Å². The van der Waals surface area contributed by atoms with Crippen LogP contribution in [0, 0.1) is 0 Å². The van der Waals surface area contributed by atoms with Crippen molar-refractivity contribution < 1.29 is 9.53 Å². The molecule has 4 rings (SSSR count). The summed E-state index contributed by atoms with van der Waals surface area (Å²) >= 11 is 1.49. The third-order valence-corrected chi connectivity index (χ3v) is 4.71. The molecule has 1 amide bonds. The molecule has 0 aliphatic carbocycles. The first-order chi connectivity index (χ1) is 14.1. The van der Waals surface area contributed by atoms with Crippen molar-refractivity contribution in [3.8, 4) is 17.0 Å². The number of anilines is 3. The third kappa shape index (κ3) is 3.99. The van der Waals surface area contributed by atoms with Crippen molar-refractivity contribution in [1.29, 1.82) is 0 Å². The average molecular weight is 408 g/mol. The highest BCUT2D eigenvalue weighted by atomic mass is 32.1. The van der Waals surface area contributed by atoms with Crippen LogP contribution in [0.1, 0.15) is 15.4 Å². The molecule has 11 heteroatoms. The van der Waals surface area contributed by atoms with Gasteiger partial charge in [0.05, 0.1) is 17.6 Å². The predicted octanol–water partition coefficient (Wildman–Crippen LogP) is 2.33. The number of thiazole rings is 1. The van der Waals surface area contributed by atoms with Gasteiger partial charge in [0, 0.05) is 29.5 Å². The molecule has 0 aliphatic heterocycles. The highest BCUT2D eigenvalue weighted by molar-refractivity contribution is 7.09. The van der Waals surface area contributed by atoms with Crippen LogP contribution in [0.25, 0.3) is 11.3 Å². The molecule has 3 heterocycles. The van der Waals surface area contributed by atoms with Crippen molar-refractivity contribution in [3.63, 3.8) is 0 Å². The lowest BCUT2D eigenvalue weighted by molar-refractivity contribution is 0.100. The van der Waals surface area contributed by atoms with Crippen LogP contribution in [-0.4, -0.2) is 31.1 Å². The van der Waals surface area contributed by atoms with Gasteiger partial charge in [-0.3, -0.25) is 14.9 Å². The normalized spacial score (nSPS) is 10.6. The van der Waals surface area contributed by atoms with Gasteiger partial charge in [0.15, 0.2) is 5.82 Å². The molecule has 1 aromatic carbocycles. The summed E-state index contributed by atoms with van der Waals surface area (Å²) in [7, 11) is 0. The Balaban J connectivity index is 1.65. The summed E-state index contributed by atoms with van der Waals surface area (Å²) in [6.07, 6.45) is 6.27. The molecule has 0 atom stereocenters. The first-order valence-electron chi connectivity index (χ1n) is 8.44. The van der Waals surface area contributed by atoms with E-state index in [0.717, 1.165) is 5.01 Å². The van der Waals surface area contributed by atoms with Crippen molar-refractivity contribution in [2.24, 2.45) is 5.73 Å². The number of nitrogens with one attached hydrogen (secondary N) is 2. The number of carbonyl (C=O) groups excluding carboxylic acids is 1. The van der Waals surface area contributed by atoms with E-state index in [1.165, 1.54) is 29.9 Å². The number of aromatic amines is 1. The number of carbonyl (C=O) groups is 1. The smallest absolute Gasteiger partial charge is 0.254 e. The molecule has 0 radical (unpaired) electrons. The molecule has 29 heavy (non-hydrogen) atoms. The van der Waals surface area contributed by atoms with Crippen LogP contribution < -0.4 is 21.5 Å². The van der Waals surface area contributed by atoms with E-state index in [2.05, 4.69) is 30.5 Å². The quantitative estimate of drug-likeness (QED) is 0.339. The molecular formula is C18H16N8O2S. The lowest BCUT2D eigenvalue weighted by atomic mass is 10.1. The van der Waals surface area contributed by atoms with E-state index in [4.69, 9.17) is 16.2 Å². The van der Waals surface area contributed by atoms with Crippen molar-refractivity contribution in [2.45, 2.75) is 6.61 Å². The van der Waals surface area contributed by atoms with E-state index in [0.29, 0.717) is 28.5 Å². The lowest BCUT2D eigenvalue weighted by Crippen LogP contribution is -2.13. The van der Waals surface area contributed by atoms with Crippen LogP contribution >= 0.6 is 11.3 Å². The zero-order chi connectivity index (χ0) is 20.2. The molecule has 4 aromatic rings. The van der Waals surface area contributed by atoms with Gasteiger partial charge in [0.1, 0.15) is 28.7 Å². The second kappa shape index (κ2) is 7.94. The number of nitrogen functional groups attached to an aromatic ring is 1. The van der Waals surface area contributed by atoms with Gasteiger partial charge in [-0.25, -0.2) is 9.97 Å². The molecule has 0 spiro atoms. The number of aromatic nitrogens is 5. The van der Waals surface area contributed by atoms with Gasteiger partial charge >= 0.3 is 0 Å². The van der Waals surface area contributed by atoms with Gasteiger partial charge in [-0.1, -0.05) is 6.07 Å². The predicted molar refractivity (Wildman–Crippen MR) is 109 cm³/mol. The fourth-order valence-corrected chi connectivity index (χ4v) is 3.17. The Morgan fingerprint density at radius 1 is 1.24 bits per heavy atom. The van der Waals surface area contributed by atoms with E-state index in [9.17, 15) is 4.79 Å². The second-order valence-corrected chi connectivity index (χ2v) is 6.85. The zero-order valence-electron chi connectivity index (χ0n) is 15.0. The number of H-pyrrole nitrogens is 1. The SMILES string of the molecule is NC(=O)c1c(Nc2cnccn2)n[nH]c1-c1ccc(N)c(OCc2nccs2)c1. The Kier molecular flexibility index (Phi) is 5.03. The summed E-state index contributed by atoms with van der Waals surface area (Å²) in [5.41, 5.74) is 13.4. The Bertz CT molecular complexity index is 1130. The molecule has 10 nitrogen and oxygen atoms in total. The van der Waals surface area contributed by atoms with Gasteiger partial charge in [-0.05, 0) is 12.1 Å². The van der Waals surface area contributed by atoms with Crippen LogP contribution in [-0.2, 0) is 6.61 Å². The van der Waals surface area contributed by atoms with Crippen molar-refractivity contribution in [1.82, 2.24) is 25.1 Å². The number of nitrogens with zero attached hydrogens (tertiary/aromatic N) is 4. The maximum absolute atomic E-state index is 12.1. The number of primary amides is 1. The highest BCUT2D eigenvalue weighted by Gasteiger charge is 2.21. The standard InChI is InChI=1S/C18H16N8O2S/c19-11-2-1-10(7-12(11)28-9-14-23-5-6-29-14)16-15(17(20)27)18(26-25-16)24-13-8-21-3-4-22-13/h1-8H,9,19H2,(H2,20,27)(H2,22,24,25,26). The first-order valence-corrected chi connectivity index (χ1v) is 9.32. The van der Waals surface area contributed by atoms with E-state index in [1.54, 1.807) is 24.4 Å². The van der Waals surface area contributed by atoms with E-state index >= 15 is 0 Å². The fourth-order valence-electron chi connectivity index (χ4n) is 2.64. The molecular weight excluding hydrogens is 392 g/mol. The summed E-state index contributed by atoms with van der Waals surface area (Å²) in [5.74, 6) is 0.487.